The van der Waals surface area contributed by atoms with Crippen LogP contribution in [-0.2, 0) is 10.8 Å². The lowest BCUT2D eigenvalue weighted by Gasteiger charge is -2.24. The summed E-state index contributed by atoms with van der Waals surface area (Å²) in [5, 5.41) is 5.05. The van der Waals surface area contributed by atoms with Crippen molar-refractivity contribution < 1.29 is 0 Å². The Labute approximate surface area is 399 Å². The highest BCUT2D eigenvalue weighted by molar-refractivity contribution is 5.98. The van der Waals surface area contributed by atoms with Crippen molar-refractivity contribution in [2.45, 2.75) is 38.5 Å². The quantitative estimate of drug-likeness (QED) is 0.156. The van der Waals surface area contributed by atoms with E-state index in [0.29, 0.717) is 0 Å². The highest BCUT2D eigenvalue weighted by Crippen LogP contribution is 2.54. The summed E-state index contributed by atoms with van der Waals surface area (Å²) in [7, 11) is 0. The molecule has 0 radical (unpaired) electrons. The first-order valence-electron chi connectivity index (χ1n) is 24.1. The zero-order chi connectivity index (χ0) is 45.7. The Morgan fingerprint density at radius 2 is 0.515 bits per heavy atom. The van der Waals surface area contributed by atoms with Gasteiger partial charge in [-0.2, -0.15) is 0 Å². The largest absolute Gasteiger partial charge is 0.0622 e. The van der Waals surface area contributed by atoms with Crippen molar-refractivity contribution in [2.24, 2.45) is 0 Å². The second kappa shape index (κ2) is 15.2. The molecule has 0 amide bonds. The average Bonchev–Trinajstić information content (AvgIpc) is 3.76. The van der Waals surface area contributed by atoms with E-state index >= 15 is 0 Å². The van der Waals surface area contributed by atoms with E-state index in [2.05, 4.69) is 258 Å². The fourth-order valence-corrected chi connectivity index (χ4v) is 11.7. The zero-order valence-corrected chi connectivity index (χ0v) is 38.9. The van der Waals surface area contributed by atoms with E-state index in [-0.39, 0.29) is 10.8 Å². The summed E-state index contributed by atoms with van der Waals surface area (Å²) in [4.78, 5) is 0. The molecule has 0 heterocycles. The van der Waals surface area contributed by atoms with Crippen molar-refractivity contribution in [1.29, 1.82) is 0 Å². The van der Waals surface area contributed by atoms with E-state index in [0.717, 1.165) is 0 Å². The van der Waals surface area contributed by atoms with Crippen LogP contribution >= 0.6 is 0 Å². The molecule has 68 heavy (non-hydrogen) atoms. The van der Waals surface area contributed by atoms with Gasteiger partial charge in [-0.25, -0.2) is 0 Å². The fourth-order valence-electron chi connectivity index (χ4n) is 11.7. The Hall–Kier alpha value is -8.06. The van der Waals surface area contributed by atoms with Gasteiger partial charge in [-0.15, -0.1) is 0 Å². The van der Waals surface area contributed by atoms with Gasteiger partial charge in [0.1, 0.15) is 0 Å². The van der Waals surface area contributed by atoms with Crippen LogP contribution in [0.25, 0.3) is 111 Å². The van der Waals surface area contributed by atoms with Gasteiger partial charge in [0, 0.05) is 10.8 Å². The Morgan fingerprint density at radius 1 is 0.206 bits per heavy atom. The molecule has 0 heteroatoms. The first kappa shape index (κ1) is 40.2. The number of benzene rings is 11. The highest BCUT2D eigenvalue weighted by Gasteiger charge is 2.38. The van der Waals surface area contributed by atoms with Gasteiger partial charge in [0.05, 0.1) is 0 Å². The van der Waals surface area contributed by atoms with Crippen LogP contribution in [-0.4, -0.2) is 0 Å². The summed E-state index contributed by atoms with van der Waals surface area (Å²) in [6, 6.07) is 86.3. The van der Waals surface area contributed by atoms with E-state index in [1.807, 2.05) is 0 Å². The normalized spacial score (nSPS) is 13.8. The summed E-state index contributed by atoms with van der Waals surface area (Å²) in [6.07, 6.45) is 0. The van der Waals surface area contributed by atoms with Crippen molar-refractivity contribution in [3.8, 4) is 89.0 Å². The molecule has 2 aliphatic carbocycles. The molecule has 0 saturated heterocycles. The van der Waals surface area contributed by atoms with Gasteiger partial charge >= 0.3 is 0 Å². The molecule has 0 spiro atoms. The van der Waals surface area contributed by atoms with Crippen LogP contribution in [0, 0.1) is 0 Å². The lowest BCUT2D eigenvalue weighted by atomic mass is 9.79. The molecule has 0 N–H and O–H groups in total. The van der Waals surface area contributed by atoms with Gasteiger partial charge in [-0.1, -0.05) is 216 Å². The molecule has 0 atom stereocenters. The Kier molecular flexibility index (Phi) is 9.02. The van der Waals surface area contributed by atoms with Gasteiger partial charge in [-0.05, 0) is 175 Å². The first-order chi connectivity index (χ1) is 33.2. The summed E-state index contributed by atoms with van der Waals surface area (Å²) >= 11 is 0. The van der Waals surface area contributed by atoms with Gasteiger partial charge in [0.25, 0.3) is 0 Å². The Morgan fingerprint density at radius 3 is 0.941 bits per heavy atom. The fraction of sp³-hybridized carbons (Fsp3) is 0.0882. The third-order valence-corrected chi connectivity index (χ3v) is 15.5. The van der Waals surface area contributed by atoms with Crippen LogP contribution in [0.2, 0.25) is 0 Å². The SMILES string of the molecule is CC1(C)c2cc(-c3ccc4c(c3)C(C)(C)c3cc(-c5c(-c6ccccc6)cccc5-c5ccccc5)ccc3-4)ccc2-c2ccc(-c3ccc4cc(-c5ccc6ccccc6c5)ccc4c3)cc21. The van der Waals surface area contributed by atoms with Crippen LogP contribution in [0.5, 0.6) is 0 Å². The molecule has 0 aromatic heterocycles. The van der Waals surface area contributed by atoms with Gasteiger partial charge in [0.15, 0.2) is 0 Å². The van der Waals surface area contributed by atoms with Crippen molar-refractivity contribution in [3.05, 3.63) is 253 Å². The summed E-state index contributed by atoms with van der Waals surface area (Å²) in [5.41, 5.74) is 25.6. The van der Waals surface area contributed by atoms with E-state index in [1.165, 1.54) is 133 Å². The van der Waals surface area contributed by atoms with E-state index < -0.39 is 0 Å². The number of fused-ring (bicyclic) bond motifs is 8. The van der Waals surface area contributed by atoms with Gasteiger partial charge in [0.2, 0.25) is 0 Å². The lowest BCUT2D eigenvalue weighted by molar-refractivity contribution is 0.660. The van der Waals surface area contributed by atoms with Crippen molar-refractivity contribution in [1.82, 2.24) is 0 Å². The smallest absolute Gasteiger partial charge is 0.0159 e. The third-order valence-electron chi connectivity index (χ3n) is 15.5. The van der Waals surface area contributed by atoms with Crippen LogP contribution in [0.3, 0.4) is 0 Å². The van der Waals surface area contributed by atoms with Crippen LogP contribution < -0.4 is 0 Å². The molecule has 0 fully saturated rings. The maximum Gasteiger partial charge on any atom is 0.0159 e. The van der Waals surface area contributed by atoms with Crippen molar-refractivity contribution >= 4 is 21.5 Å². The van der Waals surface area contributed by atoms with E-state index in [4.69, 9.17) is 0 Å². The zero-order valence-electron chi connectivity index (χ0n) is 38.9. The molecule has 0 saturated carbocycles. The average molecular weight is 867 g/mol. The topological polar surface area (TPSA) is 0 Å². The minimum absolute atomic E-state index is 0.153. The summed E-state index contributed by atoms with van der Waals surface area (Å²) < 4.78 is 0. The van der Waals surface area contributed by atoms with Crippen LogP contribution in [0.4, 0.5) is 0 Å². The minimum Gasteiger partial charge on any atom is -0.0622 e. The lowest BCUT2D eigenvalue weighted by Crippen LogP contribution is -2.15. The molecule has 0 unspecified atom stereocenters. The first-order valence-corrected chi connectivity index (χ1v) is 24.1. The predicted molar refractivity (Wildman–Crippen MR) is 289 cm³/mol. The number of rotatable bonds is 6. The van der Waals surface area contributed by atoms with Crippen LogP contribution in [0.15, 0.2) is 231 Å². The molecular formula is C68H50. The Bertz CT molecular complexity index is 3770. The van der Waals surface area contributed by atoms with Crippen molar-refractivity contribution in [2.75, 3.05) is 0 Å². The summed E-state index contributed by atoms with van der Waals surface area (Å²) in [5.74, 6) is 0. The molecule has 0 aliphatic heterocycles. The monoisotopic (exact) mass is 866 g/mol. The predicted octanol–water partition coefficient (Wildman–Crippen LogP) is 18.6. The molecule has 0 bridgehead atoms. The third kappa shape index (κ3) is 6.35. The molecule has 13 rings (SSSR count). The van der Waals surface area contributed by atoms with Gasteiger partial charge < -0.3 is 0 Å². The minimum atomic E-state index is -0.184. The molecule has 11 aromatic rings. The van der Waals surface area contributed by atoms with E-state index in [1.54, 1.807) is 0 Å². The maximum atomic E-state index is 2.48. The molecule has 0 nitrogen and oxygen atoms in total. The van der Waals surface area contributed by atoms with Gasteiger partial charge in [-0.3, -0.25) is 0 Å². The molecule has 11 aromatic carbocycles. The number of hydrogen-bond acceptors (Lipinski definition) is 0. The standard InChI is InChI=1S/C68H50/c1-67(2)62-39-52(51-27-26-49-37-48(24-25-50(49)38-51)47-23-22-43-14-11-12-19-46(43)36-47)28-32-58(62)59-33-29-53(40-63(59)67)54-30-34-60-61-35-31-55(42-65(61)68(3,4)64(60)41-54)66-56(44-15-7-5-8-16-44)20-13-21-57(66)45-17-9-6-10-18-45/h5-42H,1-4H3. The number of hydrogen-bond donors (Lipinski definition) is 0. The summed E-state index contributed by atoms with van der Waals surface area (Å²) in [6.45, 7) is 9.62. The highest BCUT2D eigenvalue weighted by atomic mass is 14.4. The second-order valence-corrected chi connectivity index (χ2v) is 20.1. The van der Waals surface area contributed by atoms with Crippen molar-refractivity contribution in [3.63, 3.8) is 0 Å². The van der Waals surface area contributed by atoms with Crippen LogP contribution in [0.1, 0.15) is 49.9 Å². The molecular weight excluding hydrogens is 817 g/mol. The van der Waals surface area contributed by atoms with E-state index in [9.17, 15) is 0 Å². The molecule has 322 valence electrons. The second-order valence-electron chi connectivity index (χ2n) is 20.1. The molecule has 2 aliphatic rings. The maximum absolute atomic E-state index is 2.48. The Balaban J connectivity index is 0.813.